The fraction of sp³-hybridized carbons (Fsp3) is 1.00. The Morgan fingerprint density at radius 3 is 1.80 bits per heavy atom. The number of nitrogens with zero attached hydrogens (tertiary/aromatic N) is 1. The zero-order chi connectivity index (χ0) is 3.70. The fourth-order valence-electron chi connectivity index (χ4n) is 0.287. The van der Waals surface area contributed by atoms with Gasteiger partial charge in [0.2, 0.25) is 0 Å². The first-order valence-corrected chi connectivity index (χ1v) is 1.82. The fourth-order valence-corrected chi connectivity index (χ4v) is 0.287. The third kappa shape index (κ3) is 0.412. The molecule has 0 aromatic heterocycles. The van der Waals surface area contributed by atoms with Gasteiger partial charge in [0.25, 0.3) is 0 Å². The van der Waals surface area contributed by atoms with Crippen molar-refractivity contribution in [2.45, 2.75) is 6.42 Å². The van der Waals surface area contributed by atoms with E-state index in [0.717, 1.165) is 24.6 Å². The molecule has 0 radical (unpaired) electrons. The van der Waals surface area contributed by atoms with E-state index in [0.29, 0.717) is 0 Å². The maximum absolute atomic E-state index is 9.82. The highest BCUT2D eigenvalue weighted by atomic mass is 16.5. The lowest BCUT2D eigenvalue weighted by atomic mass is 10.3. The van der Waals surface area contributed by atoms with Crippen LogP contribution in [0.4, 0.5) is 0 Å². The molecule has 5 heavy (non-hydrogen) atoms. The summed E-state index contributed by atoms with van der Waals surface area (Å²) in [4.78, 5) is 0. The van der Waals surface area contributed by atoms with Crippen LogP contribution in [0.25, 0.3) is 0 Å². The Bertz CT molecular complexity index is 33.9. The second kappa shape index (κ2) is 0.954. The van der Waals surface area contributed by atoms with E-state index in [1.807, 2.05) is 0 Å². The zero-order valence-corrected chi connectivity index (χ0v) is 2.98. The van der Waals surface area contributed by atoms with Crippen LogP contribution < -0.4 is 0 Å². The van der Waals surface area contributed by atoms with Crippen molar-refractivity contribution in [2.24, 2.45) is 0 Å². The summed E-state index contributed by atoms with van der Waals surface area (Å²) in [6, 6.07) is 0. The topological polar surface area (TPSA) is 26.3 Å². The van der Waals surface area contributed by atoms with Crippen LogP contribution in [0.3, 0.4) is 0 Å². The van der Waals surface area contributed by atoms with E-state index < -0.39 is 0 Å². The van der Waals surface area contributed by atoms with Gasteiger partial charge in [0.1, 0.15) is 0 Å². The Balaban J connectivity index is 2.08. The van der Waals surface area contributed by atoms with Crippen LogP contribution >= 0.6 is 0 Å². The maximum Gasteiger partial charge on any atom is -0.0133 e. The normalized spacial score (nSPS) is 25.8. The molecule has 0 aliphatic carbocycles. The smallest absolute Gasteiger partial charge is 0.0133 e. The van der Waals surface area contributed by atoms with Gasteiger partial charge in [-0.05, 0) is 19.5 Å². The molecule has 1 fully saturated rings. The van der Waals surface area contributed by atoms with Crippen molar-refractivity contribution in [3.05, 3.63) is 5.21 Å². The molecule has 0 unspecified atom stereocenters. The van der Waals surface area contributed by atoms with Crippen LogP contribution in [0.2, 0.25) is 0 Å². The van der Waals surface area contributed by atoms with Crippen molar-refractivity contribution in [3.63, 3.8) is 0 Å². The van der Waals surface area contributed by atoms with Gasteiger partial charge in [0, 0.05) is 0 Å². The highest BCUT2D eigenvalue weighted by Crippen LogP contribution is 1.99. The highest BCUT2D eigenvalue weighted by molar-refractivity contribution is 4.66. The van der Waals surface area contributed by atoms with Crippen LogP contribution in [0.1, 0.15) is 6.42 Å². The molecule has 1 heterocycles. The van der Waals surface area contributed by atoms with Gasteiger partial charge < -0.3 is 10.3 Å². The number of hydrogen-bond donors (Lipinski definition) is 0. The van der Waals surface area contributed by atoms with E-state index >= 15 is 0 Å². The number of rotatable bonds is 0. The molecule has 0 amide bonds. The standard InChI is InChI=1S/C3H6NO/c5-4-2-1-3-4/h1-3H2/q-1. The Labute approximate surface area is 31.0 Å². The van der Waals surface area contributed by atoms with E-state index in [2.05, 4.69) is 0 Å². The molecule has 0 saturated carbocycles. The number of hydrogen-bond acceptors (Lipinski definition) is 2. The zero-order valence-electron chi connectivity index (χ0n) is 2.98. The summed E-state index contributed by atoms with van der Waals surface area (Å²) in [6.45, 7) is 1.53. The van der Waals surface area contributed by atoms with Gasteiger partial charge in [-0.1, -0.05) is 0 Å². The predicted molar refractivity (Wildman–Crippen MR) is 19.6 cm³/mol. The van der Waals surface area contributed by atoms with Crippen LogP contribution in [0.15, 0.2) is 0 Å². The third-order valence-electron chi connectivity index (χ3n) is 0.815. The summed E-state index contributed by atoms with van der Waals surface area (Å²) in [6.07, 6.45) is 1.10. The SMILES string of the molecule is [O-]N1CCC1. The van der Waals surface area contributed by atoms with Crippen LogP contribution in [0, 0.1) is 5.21 Å². The first kappa shape index (κ1) is 3.12. The average molecular weight is 72.1 g/mol. The van der Waals surface area contributed by atoms with Gasteiger partial charge in [-0.2, -0.15) is 0 Å². The predicted octanol–water partition coefficient (Wildman–Crippen LogP) is 0.190. The lowest BCUT2D eigenvalue weighted by Gasteiger charge is -2.36. The van der Waals surface area contributed by atoms with Crippen LogP contribution in [0.5, 0.6) is 0 Å². The lowest BCUT2D eigenvalue weighted by Crippen LogP contribution is -2.30. The molecule has 30 valence electrons. The first-order chi connectivity index (χ1) is 2.39. The van der Waals surface area contributed by atoms with Gasteiger partial charge in [-0.3, -0.25) is 0 Å². The second-order valence-corrected chi connectivity index (χ2v) is 1.28. The average Bonchev–Trinajstić information content (AvgIpc) is 1.30. The molecule has 0 spiro atoms. The van der Waals surface area contributed by atoms with Gasteiger partial charge in [0.05, 0.1) is 0 Å². The van der Waals surface area contributed by atoms with Crippen molar-refractivity contribution >= 4 is 0 Å². The molecule has 1 aliphatic rings. The molecule has 0 aromatic carbocycles. The van der Waals surface area contributed by atoms with E-state index in [1.165, 1.54) is 0 Å². The Morgan fingerprint density at radius 1 is 1.40 bits per heavy atom. The van der Waals surface area contributed by atoms with Crippen molar-refractivity contribution in [1.82, 2.24) is 5.06 Å². The quantitative estimate of drug-likeness (QED) is 0.408. The lowest BCUT2D eigenvalue weighted by molar-refractivity contribution is 0.265. The Hall–Kier alpha value is -0.0800. The monoisotopic (exact) mass is 72.0 g/mol. The summed E-state index contributed by atoms with van der Waals surface area (Å²) in [7, 11) is 0. The summed E-state index contributed by atoms with van der Waals surface area (Å²) in [5.74, 6) is 0. The molecule has 0 bridgehead atoms. The molecule has 0 N–H and O–H groups in total. The summed E-state index contributed by atoms with van der Waals surface area (Å²) in [5.41, 5.74) is 0. The van der Waals surface area contributed by atoms with Gasteiger partial charge in [-0.15, -0.1) is 0 Å². The van der Waals surface area contributed by atoms with Gasteiger partial charge in [-0.25, -0.2) is 0 Å². The maximum atomic E-state index is 9.82. The van der Waals surface area contributed by atoms with Crippen LogP contribution in [-0.2, 0) is 0 Å². The van der Waals surface area contributed by atoms with Crippen molar-refractivity contribution in [2.75, 3.05) is 13.1 Å². The minimum atomic E-state index is 0.764. The third-order valence-corrected chi connectivity index (χ3v) is 0.815. The van der Waals surface area contributed by atoms with E-state index in [1.54, 1.807) is 0 Å². The summed E-state index contributed by atoms with van der Waals surface area (Å²) in [5, 5.41) is 10.9. The molecule has 1 rings (SSSR count). The molecule has 2 nitrogen and oxygen atoms in total. The molecule has 1 saturated heterocycles. The van der Waals surface area contributed by atoms with Crippen molar-refractivity contribution < 1.29 is 0 Å². The van der Waals surface area contributed by atoms with Crippen molar-refractivity contribution in [1.29, 1.82) is 0 Å². The largest absolute Gasteiger partial charge is 0.785 e. The van der Waals surface area contributed by atoms with Gasteiger partial charge >= 0.3 is 0 Å². The Kier molecular flexibility index (Phi) is 0.596. The molecule has 0 atom stereocenters. The van der Waals surface area contributed by atoms with E-state index in [-0.39, 0.29) is 0 Å². The van der Waals surface area contributed by atoms with E-state index in [4.69, 9.17) is 0 Å². The van der Waals surface area contributed by atoms with E-state index in [9.17, 15) is 5.21 Å². The molecule has 2 heteroatoms. The molecular weight excluding hydrogens is 66.0 g/mol. The first-order valence-electron chi connectivity index (χ1n) is 1.82. The van der Waals surface area contributed by atoms with Crippen molar-refractivity contribution in [3.8, 4) is 0 Å². The van der Waals surface area contributed by atoms with Gasteiger partial charge in [0.15, 0.2) is 0 Å². The summed E-state index contributed by atoms with van der Waals surface area (Å²) >= 11 is 0. The Morgan fingerprint density at radius 2 is 1.80 bits per heavy atom. The second-order valence-electron chi connectivity index (χ2n) is 1.28. The summed E-state index contributed by atoms with van der Waals surface area (Å²) < 4.78 is 0. The number of hydroxylamine groups is 2. The minimum Gasteiger partial charge on any atom is -0.785 e. The molecule has 1 aliphatic heterocycles. The molecular formula is C3H6NO-. The van der Waals surface area contributed by atoms with Crippen LogP contribution in [-0.4, -0.2) is 18.2 Å². The highest BCUT2D eigenvalue weighted by Gasteiger charge is 1.98. The molecule has 0 aromatic rings. The minimum absolute atomic E-state index is 0.764.